The lowest BCUT2D eigenvalue weighted by molar-refractivity contribution is -0.114. The molecule has 7 heteroatoms. The lowest BCUT2D eigenvalue weighted by atomic mass is 10.0. The molecule has 1 amide bonds. The summed E-state index contributed by atoms with van der Waals surface area (Å²) in [6, 6.07) is 14.9. The Morgan fingerprint density at radius 1 is 1.10 bits per heavy atom. The van der Waals surface area contributed by atoms with Crippen molar-refractivity contribution in [2.75, 3.05) is 20.3 Å². The van der Waals surface area contributed by atoms with Crippen molar-refractivity contribution in [3.05, 3.63) is 70.8 Å². The van der Waals surface area contributed by atoms with Crippen LogP contribution >= 0.6 is 0 Å². The highest BCUT2D eigenvalue weighted by Gasteiger charge is 2.34. The summed E-state index contributed by atoms with van der Waals surface area (Å²) in [6.45, 7) is 2.38. The Labute approximate surface area is 183 Å². The Hall–Kier alpha value is -2.48. The molecule has 2 aliphatic heterocycles. The molecule has 1 saturated heterocycles. The molecule has 31 heavy (non-hydrogen) atoms. The zero-order chi connectivity index (χ0) is 22.0. The normalized spacial score (nSPS) is 21.2. The molecule has 0 radical (unpaired) electrons. The highest BCUT2D eigenvalue weighted by Crippen LogP contribution is 2.39. The van der Waals surface area contributed by atoms with Crippen LogP contribution in [-0.4, -0.2) is 45.5 Å². The van der Waals surface area contributed by atoms with E-state index in [-0.39, 0.29) is 11.3 Å². The van der Waals surface area contributed by atoms with E-state index < -0.39 is 21.0 Å². The fourth-order valence-electron chi connectivity index (χ4n) is 4.42. The van der Waals surface area contributed by atoms with Crippen molar-refractivity contribution >= 4 is 21.8 Å². The Bertz CT molecular complexity index is 1090. The molecule has 2 aliphatic rings. The zero-order valence-corrected chi connectivity index (χ0v) is 18.5. The highest BCUT2D eigenvalue weighted by atomic mass is 32.2. The van der Waals surface area contributed by atoms with Crippen LogP contribution in [0.3, 0.4) is 0 Å². The fourth-order valence-corrected chi connectivity index (χ4v) is 6.36. The Balaban J connectivity index is 1.61. The predicted molar refractivity (Wildman–Crippen MR) is 120 cm³/mol. The van der Waals surface area contributed by atoms with E-state index in [2.05, 4.69) is 11.9 Å². The molecule has 164 valence electrons. The van der Waals surface area contributed by atoms with Crippen LogP contribution in [0.2, 0.25) is 0 Å². The number of carbonyl (C=O) groups is 1. The van der Waals surface area contributed by atoms with Gasteiger partial charge in [0.15, 0.2) is 9.84 Å². The van der Waals surface area contributed by atoms with Gasteiger partial charge in [0.25, 0.3) is 0 Å². The summed E-state index contributed by atoms with van der Waals surface area (Å²) in [5.74, 6) is -0.591. The molecule has 6 nitrogen and oxygen atoms in total. The Kier molecular flexibility index (Phi) is 6.27. The summed E-state index contributed by atoms with van der Waals surface area (Å²) in [6.07, 6.45) is 3.72. The minimum atomic E-state index is -3.68. The first-order valence-corrected chi connectivity index (χ1v) is 12.1. The first-order valence-electron chi connectivity index (χ1n) is 10.6. The number of primary amides is 1. The summed E-state index contributed by atoms with van der Waals surface area (Å²) in [4.78, 5) is 14.5. The van der Waals surface area contributed by atoms with Gasteiger partial charge < -0.3 is 10.5 Å². The molecule has 0 bridgehead atoms. The second-order valence-corrected chi connectivity index (χ2v) is 10.4. The SMILES string of the molecule is CN(Cc1ccc(C2CC(C(N)=O)=Cc3ccccc3S2(=O)=O)cc1)C1CCOCC1. The molecule has 0 spiro atoms. The number of nitrogens with two attached hydrogens (primary N) is 1. The van der Waals surface area contributed by atoms with Crippen molar-refractivity contribution in [1.29, 1.82) is 0 Å². The van der Waals surface area contributed by atoms with Gasteiger partial charge in [0.1, 0.15) is 0 Å². The van der Waals surface area contributed by atoms with Crippen molar-refractivity contribution in [3.63, 3.8) is 0 Å². The van der Waals surface area contributed by atoms with E-state index in [1.54, 1.807) is 30.3 Å². The number of nitrogens with zero attached hydrogens (tertiary/aromatic N) is 1. The van der Waals surface area contributed by atoms with Gasteiger partial charge in [-0.2, -0.15) is 0 Å². The van der Waals surface area contributed by atoms with Gasteiger partial charge in [-0.15, -0.1) is 0 Å². The Morgan fingerprint density at radius 3 is 2.45 bits per heavy atom. The molecule has 2 aromatic carbocycles. The van der Waals surface area contributed by atoms with Gasteiger partial charge in [-0.1, -0.05) is 42.5 Å². The molecular weight excluding hydrogens is 412 g/mol. The van der Waals surface area contributed by atoms with Crippen LogP contribution < -0.4 is 5.73 Å². The first kappa shape index (κ1) is 21.7. The van der Waals surface area contributed by atoms with Crippen molar-refractivity contribution in [1.82, 2.24) is 4.90 Å². The minimum absolute atomic E-state index is 0.0632. The maximum Gasteiger partial charge on any atom is 0.244 e. The number of benzene rings is 2. The fraction of sp³-hybridized carbons (Fsp3) is 0.375. The predicted octanol–water partition coefficient (Wildman–Crippen LogP) is 3.08. The third-order valence-corrected chi connectivity index (χ3v) is 8.42. The number of sulfone groups is 1. The number of hydrogen-bond donors (Lipinski definition) is 1. The molecule has 1 atom stereocenters. The summed E-state index contributed by atoms with van der Waals surface area (Å²) in [5.41, 5.74) is 8.17. The number of fused-ring (bicyclic) bond motifs is 1. The number of ether oxygens (including phenoxy) is 1. The monoisotopic (exact) mass is 440 g/mol. The van der Waals surface area contributed by atoms with Gasteiger partial charge in [0, 0.05) is 31.4 Å². The average Bonchev–Trinajstić information content (AvgIpc) is 2.89. The van der Waals surface area contributed by atoms with Gasteiger partial charge in [0.2, 0.25) is 5.91 Å². The van der Waals surface area contributed by atoms with E-state index in [1.165, 1.54) is 0 Å². The maximum absolute atomic E-state index is 13.5. The second kappa shape index (κ2) is 8.94. The Morgan fingerprint density at radius 2 is 1.77 bits per heavy atom. The van der Waals surface area contributed by atoms with E-state index in [9.17, 15) is 13.2 Å². The summed E-state index contributed by atoms with van der Waals surface area (Å²) < 4.78 is 32.4. The van der Waals surface area contributed by atoms with Crippen molar-refractivity contribution in [2.24, 2.45) is 5.73 Å². The molecular formula is C24H28N2O4S. The van der Waals surface area contributed by atoms with Crippen LogP contribution in [0.5, 0.6) is 0 Å². The summed E-state index contributed by atoms with van der Waals surface area (Å²) in [5, 5.41) is -0.850. The largest absolute Gasteiger partial charge is 0.381 e. The van der Waals surface area contributed by atoms with Gasteiger partial charge >= 0.3 is 0 Å². The van der Waals surface area contributed by atoms with Crippen molar-refractivity contribution < 1.29 is 17.9 Å². The lowest BCUT2D eigenvalue weighted by Crippen LogP contribution is -2.36. The van der Waals surface area contributed by atoms with Gasteiger partial charge in [0.05, 0.1) is 10.1 Å². The lowest BCUT2D eigenvalue weighted by Gasteiger charge is -2.31. The van der Waals surface area contributed by atoms with E-state index >= 15 is 0 Å². The number of amides is 1. The topological polar surface area (TPSA) is 89.7 Å². The van der Waals surface area contributed by atoms with Crippen LogP contribution in [0, 0.1) is 0 Å². The first-order chi connectivity index (χ1) is 14.9. The third kappa shape index (κ3) is 4.59. The minimum Gasteiger partial charge on any atom is -0.381 e. The van der Waals surface area contributed by atoms with Crippen molar-refractivity contribution in [3.8, 4) is 0 Å². The van der Waals surface area contributed by atoms with E-state index in [1.807, 2.05) is 24.3 Å². The van der Waals surface area contributed by atoms with Crippen LogP contribution in [0.1, 0.15) is 41.2 Å². The molecule has 0 saturated carbocycles. The van der Waals surface area contributed by atoms with E-state index in [4.69, 9.17) is 10.5 Å². The molecule has 0 aliphatic carbocycles. The average molecular weight is 441 g/mol. The molecule has 4 rings (SSSR count). The van der Waals surface area contributed by atoms with Crippen molar-refractivity contribution in [2.45, 2.75) is 42.0 Å². The molecule has 2 N–H and O–H groups in total. The van der Waals surface area contributed by atoms with Crippen LogP contribution in [0.4, 0.5) is 0 Å². The maximum atomic E-state index is 13.5. The number of rotatable bonds is 5. The summed E-state index contributed by atoms with van der Waals surface area (Å²) >= 11 is 0. The van der Waals surface area contributed by atoms with E-state index in [0.717, 1.165) is 38.2 Å². The van der Waals surface area contributed by atoms with Crippen LogP contribution in [-0.2, 0) is 25.9 Å². The standard InChI is InChI=1S/C24H28N2O4S/c1-26(21-10-12-30-13-11-21)16-17-6-8-18(9-7-17)23-15-20(24(25)27)14-19-4-2-3-5-22(19)31(23,28)29/h2-9,14,21,23H,10-13,15-16H2,1H3,(H2,25,27). The smallest absolute Gasteiger partial charge is 0.244 e. The van der Waals surface area contributed by atoms with Crippen LogP contribution in [0.25, 0.3) is 6.08 Å². The molecule has 1 fully saturated rings. The molecule has 2 aromatic rings. The molecule has 0 aromatic heterocycles. The number of hydrogen-bond acceptors (Lipinski definition) is 5. The second-order valence-electron chi connectivity index (χ2n) is 8.31. The summed E-state index contributed by atoms with van der Waals surface area (Å²) in [7, 11) is -1.56. The van der Waals surface area contributed by atoms with Gasteiger partial charge in [-0.25, -0.2) is 8.42 Å². The third-order valence-electron chi connectivity index (χ3n) is 6.25. The number of carbonyl (C=O) groups excluding carboxylic acids is 1. The quantitative estimate of drug-likeness (QED) is 0.772. The molecule has 1 unspecified atom stereocenters. The van der Waals surface area contributed by atoms with Gasteiger partial charge in [-0.3, -0.25) is 9.69 Å². The highest BCUT2D eigenvalue weighted by molar-refractivity contribution is 7.91. The molecule has 2 heterocycles. The zero-order valence-electron chi connectivity index (χ0n) is 17.7. The van der Waals surface area contributed by atoms with Gasteiger partial charge in [-0.05, 0) is 55.1 Å². The van der Waals surface area contributed by atoms with E-state index in [0.29, 0.717) is 22.7 Å². The van der Waals surface area contributed by atoms with Crippen LogP contribution in [0.15, 0.2) is 59.0 Å².